The minimum absolute atomic E-state index is 0.864. The zero-order valence-electron chi connectivity index (χ0n) is 11.6. The maximum Gasteiger partial charge on any atom is 0.0973 e. The predicted octanol–water partition coefficient (Wildman–Crippen LogP) is 4.00. The standard InChI is InChI=1S/C17H18N2S/c1-2-18-11-15-12-20-17(19-15)10-14-8-5-7-13-6-3-4-9-16(13)14/h3-9,12,18H,2,10-11H2,1H3. The number of benzene rings is 2. The van der Waals surface area contributed by atoms with Crippen molar-refractivity contribution in [3.63, 3.8) is 0 Å². The largest absolute Gasteiger partial charge is 0.311 e. The summed E-state index contributed by atoms with van der Waals surface area (Å²) in [6, 6.07) is 15.0. The van der Waals surface area contributed by atoms with E-state index in [2.05, 4.69) is 60.1 Å². The van der Waals surface area contributed by atoms with Crippen molar-refractivity contribution >= 4 is 22.1 Å². The zero-order chi connectivity index (χ0) is 13.8. The van der Waals surface area contributed by atoms with Gasteiger partial charge in [-0.05, 0) is 22.9 Å². The summed E-state index contributed by atoms with van der Waals surface area (Å²) in [5.74, 6) is 0. The van der Waals surface area contributed by atoms with Gasteiger partial charge in [-0.2, -0.15) is 0 Å². The summed E-state index contributed by atoms with van der Waals surface area (Å²) >= 11 is 1.75. The van der Waals surface area contributed by atoms with Crippen molar-refractivity contribution in [2.75, 3.05) is 6.54 Å². The minimum Gasteiger partial charge on any atom is -0.311 e. The molecule has 1 N–H and O–H groups in total. The molecule has 0 amide bonds. The Kier molecular flexibility index (Phi) is 4.09. The first kappa shape index (κ1) is 13.3. The van der Waals surface area contributed by atoms with Crippen LogP contribution in [0.15, 0.2) is 47.8 Å². The number of hydrogen-bond donors (Lipinski definition) is 1. The third-order valence-electron chi connectivity index (χ3n) is 3.38. The van der Waals surface area contributed by atoms with E-state index in [0.29, 0.717) is 0 Å². The molecule has 0 fully saturated rings. The van der Waals surface area contributed by atoms with Crippen LogP contribution in [0.25, 0.3) is 10.8 Å². The minimum atomic E-state index is 0.864. The van der Waals surface area contributed by atoms with Gasteiger partial charge < -0.3 is 5.32 Å². The summed E-state index contributed by atoms with van der Waals surface area (Å²) in [6.45, 7) is 3.96. The molecule has 0 aliphatic heterocycles. The van der Waals surface area contributed by atoms with Crippen LogP contribution in [0.5, 0.6) is 0 Å². The van der Waals surface area contributed by atoms with Crippen molar-refractivity contribution < 1.29 is 0 Å². The van der Waals surface area contributed by atoms with E-state index in [1.165, 1.54) is 21.3 Å². The number of nitrogens with one attached hydrogen (secondary N) is 1. The first-order valence-corrected chi connectivity index (χ1v) is 7.85. The molecule has 0 saturated heterocycles. The Balaban J connectivity index is 1.84. The van der Waals surface area contributed by atoms with Crippen LogP contribution >= 0.6 is 11.3 Å². The Morgan fingerprint density at radius 3 is 2.85 bits per heavy atom. The molecule has 3 heteroatoms. The van der Waals surface area contributed by atoms with Crippen LogP contribution in [0.3, 0.4) is 0 Å². The van der Waals surface area contributed by atoms with E-state index in [1.54, 1.807) is 11.3 Å². The van der Waals surface area contributed by atoms with Crippen LogP contribution in [0, 0.1) is 0 Å². The second-order valence-electron chi connectivity index (χ2n) is 4.83. The van der Waals surface area contributed by atoms with Gasteiger partial charge in [-0.25, -0.2) is 4.98 Å². The average Bonchev–Trinajstić information content (AvgIpc) is 2.93. The Morgan fingerprint density at radius 2 is 1.95 bits per heavy atom. The highest BCUT2D eigenvalue weighted by molar-refractivity contribution is 7.09. The van der Waals surface area contributed by atoms with E-state index in [0.717, 1.165) is 25.2 Å². The van der Waals surface area contributed by atoms with Crippen molar-refractivity contribution in [2.45, 2.75) is 19.9 Å². The molecule has 0 aliphatic carbocycles. The SMILES string of the molecule is CCNCc1csc(Cc2cccc3ccccc23)n1. The van der Waals surface area contributed by atoms with Crippen molar-refractivity contribution in [3.8, 4) is 0 Å². The number of nitrogens with zero attached hydrogens (tertiary/aromatic N) is 1. The summed E-state index contributed by atoms with van der Waals surface area (Å²) < 4.78 is 0. The third kappa shape index (κ3) is 2.89. The van der Waals surface area contributed by atoms with Gasteiger partial charge in [0.15, 0.2) is 0 Å². The number of aromatic nitrogens is 1. The maximum absolute atomic E-state index is 4.71. The molecule has 0 saturated carbocycles. The Labute approximate surface area is 123 Å². The van der Waals surface area contributed by atoms with Crippen LogP contribution in [0.1, 0.15) is 23.2 Å². The van der Waals surface area contributed by atoms with Gasteiger partial charge in [0, 0.05) is 18.3 Å². The highest BCUT2D eigenvalue weighted by Gasteiger charge is 2.05. The molecule has 20 heavy (non-hydrogen) atoms. The molecule has 0 spiro atoms. The first-order valence-electron chi connectivity index (χ1n) is 6.97. The van der Waals surface area contributed by atoms with Gasteiger partial charge in [0.25, 0.3) is 0 Å². The van der Waals surface area contributed by atoms with Crippen LogP contribution in [0.4, 0.5) is 0 Å². The summed E-state index contributed by atoms with van der Waals surface area (Å²) in [5.41, 5.74) is 2.50. The highest BCUT2D eigenvalue weighted by atomic mass is 32.1. The molecular weight excluding hydrogens is 264 g/mol. The van der Waals surface area contributed by atoms with E-state index in [-0.39, 0.29) is 0 Å². The molecular formula is C17H18N2S. The summed E-state index contributed by atoms with van der Waals surface area (Å²) in [7, 11) is 0. The number of rotatable bonds is 5. The third-order valence-corrected chi connectivity index (χ3v) is 4.27. The van der Waals surface area contributed by atoms with E-state index >= 15 is 0 Å². The topological polar surface area (TPSA) is 24.9 Å². The van der Waals surface area contributed by atoms with Gasteiger partial charge >= 0.3 is 0 Å². The molecule has 0 unspecified atom stereocenters. The predicted molar refractivity (Wildman–Crippen MR) is 86.2 cm³/mol. The first-order chi connectivity index (χ1) is 9.86. The average molecular weight is 282 g/mol. The molecule has 3 rings (SSSR count). The van der Waals surface area contributed by atoms with Gasteiger partial charge in [-0.1, -0.05) is 49.4 Å². The quantitative estimate of drug-likeness (QED) is 0.765. The molecule has 2 aromatic carbocycles. The van der Waals surface area contributed by atoms with Crippen LogP contribution in [-0.4, -0.2) is 11.5 Å². The van der Waals surface area contributed by atoms with Crippen LogP contribution < -0.4 is 5.32 Å². The Morgan fingerprint density at radius 1 is 1.10 bits per heavy atom. The highest BCUT2D eigenvalue weighted by Crippen LogP contribution is 2.22. The van der Waals surface area contributed by atoms with Gasteiger partial charge in [-0.15, -0.1) is 11.3 Å². The van der Waals surface area contributed by atoms with Crippen molar-refractivity contribution in [3.05, 3.63) is 64.1 Å². The monoisotopic (exact) mass is 282 g/mol. The lowest BCUT2D eigenvalue weighted by atomic mass is 10.0. The lowest BCUT2D eigenvalue weighted by Crippen LogP contribution is -2.11. The van der Waals surface area contributed by atoms with E-state index < -0.39 is 0 Å². The molecule has 102 valence electrons. The Bertz CT molecular complexity index is 698. The Hall–Kier alpha value is -1.71. The van der Waals surface area contributed by atoms with Gasteiger partial charge in [0.05, 0.1) is 10.7 Å². The molecule has 0 bridgehead atoms. The smallest absolute Gasteiger partial charge is 0.0973 e. The molecule has 1 aromatic heterocycles. The summed E-state index contributed by atoms with van der Waals surface area (Å²) in [5, 5.41) is 9.29. The summed E-state index contributed by atoms with van der Waals surface area (Å²) in [4.78, 5) is 4.71. The van der Waals surface area contributed by atoms with Gasteiger partial charge in [0.2, 0.25) is 0 Å². The maximum atomic E-state index is 4.71. The molecule has 3 aromatic rings. The fourth-order valence-corrected chi connectivity index (χ4v) is 3.19. The van der Waals surface area contributed by atoms with Crippen molar-refractivity contribution in [1.29, 1.82) is 0 Å². The van der Waals surface area contributed by atoms with Gasteiger partial charge in [0.1, 0.15) is 0 Å². The van der Waals surface area contributed by atoms with E-state index in [4.69, 9.17) is 4.98 Å². The van der Waals surface area contributed by atoms with Crippen LogP contribution in [-0.2, 0) is 13.0 Å². The number of fused-ring (bicyclic) bond motifs is 1. The van der Waals surface area contributed by atoms with Crippen molar-refractivity contribution in [2.24, 2.45) is 0 Å². The fourth-order valence-electron chi connectivity index (χ4n) is 2.37. The lowest BCUT2D eigenvalue weighted by Gasteiger charge is -2.04. The zero-order valence-corrected chi connectivity index (χ0v) is 12.4. The fraction of sp³-hybridized carbons (Fsp3) is 0.235. The normalized spacial score (nSPS) is 11.1. The van der Waals surface area contributed by atoms with E-state index in [9.17, 15) is 0 Å². The molecule has 1 heterocycles. The second kappa shape index (κ2) is 6.16. The van der Waals surface area contributed by atoms with Gasteiger partial charge in [-0.3, -0.25) is 0 Å². The lowest BCUT2D eigenvalue weighted by molar-refractivity contribution is 0.712. The second-order valence-corrected chi connectivity index (χ2v) is 5.77. The molecule has 0 atom stereocenters. The number of thiazole rings is 1. The van der Waals surface area contributed by atoms with Crippen molar-refractivity contribution in [1.82, 2.24) is 10.3 Å². The molecule has 0 radical (unpaired) electrons. The summed E-state index contributed by atoms with van der Waals surface area (Å²) in [6.07, 6.45) is 0.915. The molecule has 2 nitrogen and oxygen atoms in total. The molecule has 0 aliphatic rings. The number of hydrogen-bond acceptors (Lipinski definition) is 3. The van der Waals surface area contributed by atoms with Crippen LogP contribution in [0.2, 0.25) is 0 Å². The van der Waals surface area contributed by atoms with E-state index in [1.807, 2.05) is 0 Å².